The fourth-order valence-corrected chi connectivity index (χ4v) is 2.66. The van der Waals surface area contributed by atoms with Crippen molar-refractivity contribution in [1.29, 1.82) is 0 Å². The number of piperidine rings is 1. The van der Waals surface area contributed by atoms with Gasteiger partial charge in [0.05, 0.1) is 6.10 Å². The van der Waals surface area contributed by atoms with Crippen molar-refractivity contribution in [3.63, 3.8) is 0 Å². The standard InChI is InChI=1S/C17H28N2O/c1-4-20-17-9-11-19(12-10-17)16-7-5-15(6-8-16)13-18-14(2)3/h5-8,14,17-18H,4,9-13H2,1-3H3. The molecule has 1 saturated heterocycles. The van der Waals surface area contributed by atoms with E-state index in [-0.39, 0.29) is 0 Å². The van der Waals surface area contributed by atoms with Crippen LogP contribution in [-0.2, 0) is 11.3 Å². The number of nitrogens with zero attached hydrogens (tertiary/aromatic N) is 1. The molecule has 1 aromatic carbocycles. The van der Waals surface area contributed by atoms with Gasteiger partial charge in [-0.05, 0) is 37.5 Å². The van der Waals surface area contributed by atoms with E-state index in [0.717, 1.165) is 39.1 Å². The molecule has 1 aliphatic heterocycles. The topological polar surface area (TPSA) is 24.5 Å². The van der Waals surface area contributed by atoms with Crippen molar-refractivity contribution in [2.45, 2.75) is 52.3 Å². The van der Waals surface area contributed by atoms with Crippen LogP contribution in [0, 0.1) is 0 Å². The molecule has 1 N–H and O–H groups in total. The minimum absolute atomic E-state index is 0.464. The van der Waals surface area contributed by atoms with Gasteiger partial charge in [-0.1, -0.05) is 26.0 Å². The average molecular weight is 276 g/mol. The minimum atomic E-state index is 0.464. The summed E-state index contributed by atoms with van der Waals surface area (Å²) >= 11 is 0. The van der Waals surface area contributed by atoms with Crippen molar-refractivity contribution < 1.29 is 4.74 Å². The van der Waals surface area contributed by atoms with Gasteiger partial charge in [0.25, 0.3) is 0 Å². The van der Waals surface area contributed by atoms with Crippen LogP contribution < -0.4 is 10.2 Å². The smallest absolute Gasteiger partial charge is 0.0608 e. The molecule has 0 atom stereocenters. The van der Waals surface area contributed by atoms with Crippen LogP contribution in [0.1, 0.15) is 39.2 Å². The lowest BCUT2D eigenvalue weighted by atomic mass is 10.1. The summed E-state index contributed by atoms with van der Waals surface area (Å²) in [5.74, 6) is 0. The molecule has 0 aromatic heterocycles. The second kappa shape index (κ2) is 7.65. The number of rotatable bonds is 6. The third kappa shape index (κ3) is 4.50. The van der Waals surface area contributed by atoms with Crippen LogP contribution in [0.15, 0.2) is 24.3 Å². The summed E-state index contributed by atoms with van der Waals surface area (Å²) in [5, 5.41) is 3.45. The van der Waals surface area contributed by atoms with E-state index in [0.29, 0.717) is 12.1 Å². The van der Waals surface area contributed by atoms with Crippen LogP contribution in [0.4, 0.5) is 5.69 Å². The van der Waals surface area contributed by atoms with Gasteiger partial charge in [-0.15, -0.1) is 0 Å². The summed E-state index contributed by atoms with van der Waals surface area (Å²) in [6.45, 7) is 10.4. The molecule has 0 radical (unpaired) electrons. The Hall–Kier alpha value is -1.06. The molecule has 0 unspecified atom stereocenters. The quantitative estimate of drug-likeness (QED) is 0.863. The predicted molar refractivity (Wildman–Crippen MR) is 85.3 cm³/mol. The molecule has 0 bridgehead atoms. The number of anilines is 1. The van der Waals surface area contributed by atoms with Gasteiger partial charge in [0.1, 0.15) is 0 Å². The highest BCUT2D eigenvalue weighted by Gasteiger charge is 2.19. The lowest BCUT2D eigenvalue weighted by Crippen LogP contribution is -2.37. The molecular formula is C17H28N2O. The van der Waals surface area contributed by atoms with Gasteiger partial charge in [0, 0.05) is 38.0 Å². The SMILES string of the molecule is CCOC1CCN(c2ccc(CNC(C)C)cc2)CC1. The molecule has 1 aromatic rings. The largest absolute Gasteiger partial charge is 0.378 e. The number of nitrogens with one attached hydrogen (secondary N) is 1. The van der Waals surface area contributed by atoms with Gasteiger partial charge < -0.3 is 15.0 Å². The first-order valence-corrected chi connectivity index (χ1v) is 7.88. The highest BCUT2D eigenvalue weighted by Crippen LogP contribution is 2.21. The lowest BCUT2D eigenvalue weighted by Gasteiger charge is -2.33. The first-order valence-electron chi connectivity index (χ1n) is 7.88. The Kier molecular flexibility index (Phi) is 5.86. The fraction of sp³-hybridized carbons (Fsp3) is 0.647. The zero-order valence-corrected chi connectivity index (χ0v) is 13.1. The highest BCUT2D eigenvalue weighted by molar-refractivity contribution is 5.48. The van der Waals surface area contributed by atoms with Crippen LogP contribution in [-0.4, -0.2) is 31.8 Å². The molecule has 3 heteroatoms. The zero-order valence-electron chi connectivity index (χ0n) is 13.1. The predicted octanol–water partition coefficient (Wildman–Crippen LogP) is 3.19. The van der Waals surface area contributed by atoms with Crippen LogP contribution in [0.25, 0.3) is 0 Å². The Morgan fingerprint density at radius 1 is 1.20 bits per heavy atom. The summed E-state index contributed by atoms with van der Waals surface area (Å²) in [6.07, 6.45) is 2.75. The number of benzene rings is 1. The Labute approximate surface area is 123 Å². The van der Waals surface area contributed by atoms with Crippen molar-refractivity contribution in [3.8, 4) is 0 Å². The number of hydrogen-bond donors (Lipinski definition) is 1. The van der Waals surface area contributed by atoms with E-state index in [1.54, 1.807) is 0 Å². The Morgan fingerprint density at radius 3 is 2.40 bits per heavy atom. The number of ether oxygens (including phenoxy) is 1. The van der Waals surface area contributed by atoms with Crippen LogP contribution in [0.2, 0.25) is 0 Å². The fourth-order valence-electron chi connectivity index (χ4n) is 2.66. The molecular weight excluding hydrogens is 248 g/mol. The zero-order chi connectivity index (χ0) is 14.4. The highest BCUT2D eigenvalue weighted by atomic mass is 16.5. The van der Waals surface area contributed by atoms with Crippen LogP contribution in [0.3, 0.4) is 0 Å². The molecule has 0 aliphatic carbocycles. The number of hydrogen-bond acceptors (Lipinski definition) is 3. The third-order valence-corrected chi connectivity index (χ3v) is 3.86. The summed E-state index contributed by atoms with van der Waals surface area (Å²) in [6, 6.07) is 9.50. The molecule has 3 nitrogen and oxygen atoms in total. The minimum Gasteiger partial charge on any atom is -0.378 e. The summed E-state index contributed by atoms with van der Waals surface area (Å²) < 4.78 is 5.71. The van der Waals surface area contributed by atoms with Crippen LogP contribution >= 0.6 is 0 Å². The van der Waals surface area contributed by atoms with E-state index in [9.17, 15) is 0 Å². The van der Waals surface area contributed by atoms with Gasteiger partial charge in [0.15, 0.2) is 0 Å². The molecule has 0 amide bonds. The molecule has 112 valence electrons. The Balaban J connectivity index is 1.84. The summed E-state index contributed by atoms with van der Waals surface area (Å²) in [5.41, 5.74) is 2.69. The monoisotopic (exact) mass is 276 g/mol. The van der Waals surface area contributed by atoms with Crippen LogP contribution in [0.5, 0.6) is 0 Å². The molecule has 1 aliphatic rings. The van der Waals surface area contributed by atoms with E-state index < -0.39 is 0 Å². The van der Waals surface area contributed by atoms with Gasteiger partial charge in [-0.2, -0.15) is 0 Å². The molecule has 1 fully saturated rings. The van der Waals surface area contributed by atoms with Gasteiger partial charge in [-0.3, -0.25) is 0 Å². The lowest BCUT2D eigenvalue weighted by molar-refractivity contribution is 0.0459. The first kappa shape index (κ1) is 15.3. The first-order chi connectivity index (χ1) is 9.69. The van der Waals surface area contributed by atoms with Crippen molar-refractivity contribution in [3.05, 3.63) is 29.8 Å². The second-order valence-electron chi connectivity index (χ2n) is 5.84. The summed E-state index contributed by atoms with van der Waals surface area (Å²) in [4.78, 5) is 2.47. The molecule has 0 saturated carbocycles. The molecule has 20 heavy (non-hydrogen) atoms. The Morgan fingerprint density at radius 2 is 1.85 bits per heavy atom. The second-order valence-corrected chi connectivity index (χ2v) is 5.84. The maximum absolute atomic E-state index is 5.71. The normalized spacial score (nSPS) is 16.9. The molecule has 0 spiro atoms. The van der Waals surface area contributed by atoms with Crippen molar-refractivity contribution in [1.82, 2.24) is 5.32 Å². The molecule has 2 rings (SSSR count). The third-order valence-electron chi connectivity index (χ3n) is 3.86. The Bertz CT molecular complexity index is 380. The van der Waals surface area contributed by atoms with E-state index >= 15 is 0 Å². The van der Waals surface area contributed by atoms with E-state index in [2.05, 4.69) is 55.3 Å². The van der Waals surface area contributed by atoms with E-state index in [1.807, 2.05) is 0 Å². The average Bonchev–Trinajstić information content (AvgIpc) is 2.47. The van der Waals surface area contributed by atoms with E-state index in [1.165, 1.54) is 11.3 Å². The molecule has 1 heterocycles. The van der Waals surface area contributed by atoms with Crippen molar-refractivity contribution >= 4 is 5.69 Å². The summed E-state index contributed by atoms with van der Waals surface area (Å²) in [7, 11) is 0. The van der Waals surface area contributed by atoms with Crippen molar-refractivity contribution in [2.24, 2.45) is 0 Å². The maximum atomic E-state index is 5.71. The van der Waals surface area contributed by atoms with Crippen molar-refractivity contribution in [2.75, 3.05) is 24.6 Å². The van der Waals surface area contributed by atoms with Gasteiger partial charge >= 0.3 is 0 Å². The maximum Gasteiger partial charge on any atom is 0.0608 e. The van der Waals surface area contributed by atoms with E-state index in [4.69, 9.17) is 4.74 Å². The van der Waals surface area contributed by atoms with Gasteiger partial charge in [0.2, 0.25) is 0 Å². The van der Waals surface area contributed by atoms with Gasteiger partial charge in [-0.25, -0.2) is 0 Å².